The highest BCUT2D eigenvalue weighted by Crippen LogP contribution is 2.35. The summed E-state index contributed by atoms with van der Waals surface area (Å²) in [6, 6.07) is 5.92. The van der Waals surface area contributed by atoms with Crippen LogP contribution in [0.1, 0.15) is 60.4 Å². The topological polar surface area (TPSA) is 101 Å². The summed E-state index contributed by atoms with van der Waals surface area (Å²) in [4.78, 5) is 33.2. The number of carbonyl (C=O) groups excluding carboxylic acids is 1. The number of hydrogen-bond donors (Lipinski definition) is 2. The first-order valence-corrected chi connectivity index (χ1v) is 13.2. The van der Waals surface area contributed by atoms with E-state index in [1.165, 1.54) is 5.56 Å². The zero-order valence-electron chi connectivity index (χ0n) is 20.4. The molecule has 0 saturated carbocycles. The number of halogens is 1. The number of aliphatic imine (C=N–C) groups is 1. The second-order valence-corrected chi connectivity index (χ2v) is 10.1. The van der Waals surface area contributed by atoms with Crippen molar-refractivity contribution in [2.24, 2.45) is 10.9 Å². The van der Waals surface area contributed by atoms with Crippen LogP contribution in [0.15, 0.2) is 35.6 Å². The Morgan fingerprint density at radius 3 is 2.78 bits per heavy atom. The van der Waals surface area contributed by atoms with E-state index >= 15 is 0 Å². The lowest BCUT2D eigenvalue weighted by Gasteiger charge is -2.32. The number of rotatable bonds is 9. The largest absolute Gasteiger partial charge is 0.350 e. The minimum absolute atomic E-state index is 0.336. The van der Waals surface area contributed by atoms with Crippen LogP contribution in [0.3, 0.4) is 0 Å². The third kappa shape index (κ3) is 6.39. The predicted octanol–water partition coefficient (Wildman–Crippen LogP) is 4.01. The lowest BCUT2D eigenvalue weighted by atomic mass is 9.96. The molecule has 0 radical (unpaired) electrons. The lowest BCUT2D eigenvalue weighted by molar-refractivity contribution is -0.186. The molecular formula is C26H33ClN6O3. The van der Waals surface area contributed by atoms with Crippen LogP contribution in [-0.2, 0) is 9.57 Å². The zero-order chi connectivity index (χ0) is 24.7. The van der Waals surface area contributed by atoms with Crippen molar-refractivity contribution in [1.29, 1.82) is 0 Å². The van der Waals surface area contributed by atoms with E-state index in [0.717, 1.165) is 75.4 Å². The van der Waals surface area contributed by atoms with Crippen LogP contribution in [0.25, 0.3) is 0 Å². The summed E-state index contributed by atoms with van der Waals surface area (Å²) in [5, 5.41) is 4.40. The Balaban J connectivity index is 0.999. The van der Waals surface area contributed by atoms with Crippen LogP contribution in [0, 0.1) is 5.92 Å². The number of piperidine rings is 1. The summed E-state index contributed by atoms with van der Waals surface area (Å²) >= 11 is 6.16. The fraction of sp³-hybridized carbons (Fsp3) is 0.538. The molecule has 5 rings (SSSR count). The number of nitrogens with zero attached hydrogens (tertiary/aromatic N) is 4. The van der Waals surface area contributed by atoms with E-state index in [0.29, 0.717) is 30.0 Å². The highest BCUT2D eigenvalue weighted by atomic mass is 35.5. The van der Waals surface area contributed by atoms with Gasteiger partial charge < -0.3 is 15.0 Å². The number of ether oxygens (including phenoxy) is 1. The number of fused-ring (bicyclic) bond motifs is 1. The maximum Gasteiger partial charge on any atom is 0.278 e. The molecule has 192 valence electrons. The van der Waals surface area contributed by atoms with Gasteiger partial charge in [-0.05, 0) is 74.9 Å². The summed E-state index contributed by atoms with van der Waals surface area (Å²) in [6.07, 6.45) is 10.8. The van der Waals surface area contributed by atoms with Gasteiger partial charge in [-0.1, -0.05) is 11.6 Å². The van der Waals surface area contributed by atoms with Crippen molar-refractivity contribution >= 4 is 35.4 Å². The number of amides is 1. The van der Waals surface area contributed by atoms with E-state index in [-0.39, 0.29) is 12.2 Å². The molecule has 1 aromatic heterocycles. The first-order valence-electron chi connectivity index (χ1n) is 12.8. The normalized spacial score (nSPS) is 22.0. The standard InChI is InChI=1S/C26H33ClN6O3/c27-21-4-5-23-22(13-21)19(15-29-23)6-9-28-14-18-7-10-33(11-8-18)26-30-16-20(17-31-26)25(34)32-36-24-3-1-2-12-35-24/h4-5,13,15-19,24,28H,1-3,6-12,14H2,(H,32,34). The van der Waals surface area contributed by atoms with Gasteiger partial charge in [0.2, 0.25) is 5.95 Å². The molecule has 2 unspecified atom stereocenters. The van der Waals surface area contributed by atoms with Gasteiger partial charge in [0.25, 0.3) is 5.91 Å². The van der Waals surface area contributed by atoms with E-state index in [2.05, 4.69) is 30.7 Å². The monoisotopic (exact) mass is 512 g/mol. The number of aromatic nitrogens is 2. The Morgan fingerprint density at radius 2 is 2.00 bits per heavy atom. The maximum atomic E-state index is 12.3. The van der Waals surface area contributed by atoms with Crippen molar-refractivity contribution < 1.29 is 14.4 Å². The lowest BCUT2D eigenvalue weighted by Crippen LogP contribution is -2.38. The highest BCUT2D eigenvalue weighted by Gasteiger charge is 2.23. The Kier molecular flexibility index (Phi) is 8.43. The maximum absolute atomic E-state index is 12.3. The molecule has 0 bridgehead atoms. The van der Waals surface area contributed by atoms with Crippen molar-refractivity contribution in [3.8, 4) is 0 Å². The molecule has 4 heterocycles. The van der Waals surface area contributed by atoms with Gasteiger partial charge in [-0.2, -0.15) is 0 Å². The van der Waals surface area contributed by atoms with E-state index in [1.807, 2.05) is 24.4 Å². The van der Waals surface area contributed by atoms with E-state index in [9.17, 15) is 4.79 Å². The summed E-state index contributed by atoms with van der Waals surface area (Å²) in [5.74, 6) is 1.26. The quantitative estimate of drug-likeness (QED) is 0.386. The minimum Gasteiger partial charge on any atom is -0.350 e. The number of hydroxylamine groups is 1. The van der Waals surface area contributed by atoms with Crippen molar-refractivity contribution in [2.75, 3.05) is 37.7 Å². The SMILES string of the molecule is O=C(NOC1CCCCO1)c1cnc(N2CCC(CNCCC3C=Nc4ccc(Cl)cc43)CC2)nc1. The molecule has 1 aromatic carbocycles. The molecule has 3 aliphatic heterocycles. The van der Waals surface area contributed by atoms with Crippen LogP contribution in [0.2, 0.25) is 5.02 Å². The van der Waals surface area contributed by atoms with Crippen LogP contribution >= 0.6 is 11.6 Å². The van der Waals surface area contributed by atoms with E-state index < -0.39 is 0 Å². The molecule has 36 heavy (non-hydrogen) atoms. The molecule has 10 heteroatoms. The summed E-state index contributed by atoms with van der Waals surface area (Å²) in [7, 11) is 0. The first-order chi connectivity index (χ1) is 17.7. The first kappa shape index (κ1) is 25.1. The van der Waals surface area contributed by atoms with Crippen molar-refractivity contribution in [1.82, 2.24) is 20.8 Å². The van der Waals surface area contributed by atoms with Gasteiger partial charge in [0.15, 0.2) is 6.29 Å². The molecule has 1 amide bonds. The smallest absolute Gasteiger partial charge is 0.278 e. The van der Waals surface area contributed by atoms with Gasteiger partial charge in [0.1, 0.15) is 0 Å². The molecular weight excluding hydrogens is 480 g/mol. The Morgan fingerprint density at radius 1 is 1.17 bits per heavy atom. The van der Waals surface area contributed by atoms with Crippen LogP contribution in [-0.4, -0.2) is 61.2 Å². The van der Waals surface area contributed by atoms with Crippen LogP contribution in [0.5, 0.6) is 0 Å². The van der Waals surface area contributed by atoms with Gasteiger partial charge in [-0.15, -0.1) is 0 Å². The molecule has 2 fully saturated rings. The molecule has 2 aromatic rings. The van der Waals surface area contributed by atoms with E-state index in [1.54, 1.807) is 12.4 Å². The van der Waals surface area contributed by atoms with Crippen molar-refractivity contribution in [3.63, 3.8) is 0 Å². The molecule has 0 spiro atoms. The molecule has 3 aliphatic rings. The van der Waals surface area contributed by atoms with Crippen molar-refractivity contribution in [2.45, 2.75) is 50.7 Å². The fourth-order valence-electron chi connectivity index (χ4n) is 4.91. The van der Waals surface area contributed by atoms with Gasteiger partial charge >= 0.3 is 0 Å². The molecule has 2 atom stereocenters. The van der Waals surface area contributed by atoms with Gasteiger partial charge in [-0.25, -0.2) is 20.3 Å². The average Bonchev–Trinajstić information content (AvgIpc) is 3.32. The number of hydrogen-bond acceptors (Lipinski definition) is 8. The fourth-order valence-corrected chi connectivity index (χ4v) is 5.09. The minimum atomic E-state index is -0.383. The summed E-state index contributed by atoms with van der Waals surface area (Å²) in [6.45, 7) is 4.42. The van der Waals surface area contributed by atoms with Crippen molar-refractivity contribution in [3.05, 3.63) is 46.7 Å². The third-order valence-electron chi connectivity index (χ3n) is 7.07. The zero-order valence-corrected chi connectivity index (χ0v) is 21.1. The summed E-state index contributed by atoms with van der Waals surface area (Å²) in [5.41, 5.74) is 5.08. The average molecular weight is 513 g/mol. The Hall–Kier alpha value is -2.59. The highest BCUT2D eigenvalue weighted by molar-refractivity contribution is 6.30. The Labute approximate surface area is 216 Å². The van der Waals surface area contributed by atoms with Gasteiger partial charge in [0.05, 0.1) is 11.3 Å². The molecule has 9 nitrogen and oxygen atoms in total. The van der Waals surface area contributed by atoms with Gasteiger partial charge in [0, 0.05) is 55.7 Å². The van der Waals surface area contributed by atoms with Crippen LogP contribution in [0.4, 0.5) is 11.6 Å². The molecule has 2 saturated heterocycles. The van der Waals surface area contributed by atoms with E-state index in [4.69, 9.17) is 21.2 Å². The molecule has 0 aliphatic carbocycles. The second kappa shape index (κ2) is 12.1. The number of carbonyl (C=O) groups is 1. The predicted molar refractivity (Wildman–Crippen MR) is 139 cm³/mol. The van der Waals surface area contributed by atoms with Crippen LogP contribution < -0.4 is 15.7 Å². The van der Waals surface area contributed by atoms with Gasteiger partial charge in [-0.3, -0.25) is 9.79 Å². The summed E-state index contributed by atoms with van der Waals surface area (Å²) < 4.78 is 5.45. The number of benzene rings is 1. The second-order valence-electron chi connectivity index (χ2n) is 9.63. The number of nitrogens with one attached hydrogen (secondary N) is 2. The Bertz CT molecular complexity index is 1050. The number of anilines is 1. The third-order valence-corrected chi connectivity index (χ3v) is 7.30. The molecule has 2 N–H and O–H groups in total.